The topological polar surface area (TPSA) is 104 Å². The smallest absolute Gasteiger partial charge is 0.387 e. The van der Waals surface area contributed by atoms with Gasteiger partial charge in [-0.2, -0.15) is 18.9 Å². The second kappa shape index (κ2) is 8.38. The molecule has 0 aliphatic carbocycles. The lowest BCUT2D eigenvalue weighted by atomic mass is 10.0. The number of alkyl halides is 2. The van der Waals surface area contributed by atoms with Crippen LogP contribution in [0.4, 0.5) is 20.4 Å². The van der Waals surface area contributed by atoms with Gasteiger partial charge >= 0.3 is 6.61 Å². The molecule has 3 aromatic rings. The first-order valence-corrected chi connectivity index (χ1v) is 9.31. The molecule has 1 atom stereocenters. The van der Waals surface area contributed by atoms with Crippen molar-refractivity contribution in [1.82, 2.24) is 14.8 Å². The zero-order valence-corrected chi connectivity index (χ0v) is 16.2. The summed E-state index contributed by atoms with van der Waals surface area (Å²) in [6.07, 6.45) is 3.19. The number of benzene rings is 2. The molecular weight excluding hydrogens is 412 g/mol. The molecule has 1 N–H and O–H groups in total. The van der Waals surface area contributed by atoms with E-state index in [0.717, 1.165) is 0 Å². The number of halogens is 2. The number of fused-ring (bicyclic) bond motifs is 1. The highest BCUT2D eigenvalue weighted by molar-refractivity contribution is 5.78. The van der Waals surface area contributed by atoms with E-state index in [1.54, 1.807) is 35.9 Å². The first-order chi connectivity index (χ1) is 15.0. The molecule has 1 aliphatic rings. The fraction of sp³-hybridized carbons (Fsp3) is 0.200. The van der Waals surface area contributed by atoms with E-state index in [4.69, 9.17) is 4.74 Å². The quantitative estimate of drug-likeness (QED) is 0.442. The van der Waals surface area contributed by atoms with Crippen molar-refractivity contribution in [2.45, 2.75) is 19.6 Å². The number of ether oxygens (including phenoxy) is 2. The average Bonchev–Trinajstić information content (AvgIpc) is 3.23. The Hall–Kier alpha value is -4.02. The Morgan fingerprint density at radius 1 is 1.26 bits per heavy atom. The van der Waals surface area contributed by atoms with E-state index in [0.29, 0.717) is 22.8 Å². The SMILES string of the molecule is CCOc1cc(C2C=C(c3cccc([N+](=O)[O-])c3)Nc3ncnn32)ccc1OC(F)F. The molecule has 1 aliphatic heterocycles. The predicted molar refractivity (Wildman–Crippen MR) is 107 cm³/mol. The molecule has 0 amide bonds. The summed E-state index contributed by atoms with van der Waals surface area (Å²) in [5, 5.41) is 18.5. The van der Waals surface area contributed by atoms with Gasteiger partial charge in [-0.05, 0) is 30.7 Å². The third kappa shape index (κ3) is 4.15. The van der Waals surface area contributed by atoms with Crippen LogP contribution in [0.25, 0.3) is 5.70 Å². The van der Waals surface area contributed by atoms with E-state index in [2.05, 4.69) is 20.1 Å². The number of aromatic nitrogens is 3. The molecular formula is C20H17F2N5O4. The van der Waals surface area contributed by atoms with Crippen LogP contribution < -0.4 is 14.8 Å². The molecule has 0 bridgehead atoms. The molecule has 2 aromatic carbocycles. The van der Waals surface area contributed by atoms with Crippen LogP contribution in [0.2, 0.25) is 0 Å². The minimum atomic E-state index is -2.98. The lowest BCUT2D eigenvalue weighted by molar-refractivity contribution is -0.384. The Labute approximate surface area is 175 Å². The van der Waals surface area contributed by atoms with Crippen LogP contribution in [0.1, 0.15) is 24.1 Å². The summed E-state index contributed by atoms with van der Waals surface area (Å²) in [6.45, 7) is -0.983. The molecule has 1 aromatic heterocycles. The second-order valence-electron chi connectivity index (χ2n) is 6.50. The van der Waals surface area contributed by atoms with Crippen molar-refractivity contribution in [3.63, 3.8) is 0 Å². The molecule has 0 saturated carbocycles. The molecule has 2 heterocycles. The van der Waals surface area contributed by atoms with E-state index >= 15 is 0 Å². The summed E-state index contributed by atoms with van der Waals surface area (Å²) in [4.78, 5) is 14.9. The first kappa shape index (κ1) is 20.3. The highest BCUT2D eigenvalue weighted by atomic mass is 19.3. The van der Waals surface area contributed by atoms with Gasteiger partial charge in [-0.15, -0.1) is 0 Å². The monoisotopic (exact) mass is 429 g/mol. The Bertz CT molecular complexity index is 1150. The summed E-state index contributed by atoms with van der Waals surface area (Å²) in [7, 11) is 0. The number of hydrogen-bond donors (Lipinski definition) is 1. The van der Waals surface area contributed by atoms with Gasteiger partial charge in [0.05, 0.1) is 11.5 Å². The van der Waals surface area contributed by atoms with Gasteiger partial charge in [0.25, 0.3) is 5.69 Å². The summed E-state index contributed by atoms with van der Waals surface area (Å²) in [5.74, 6) is 0.530. The van der Waals surface area contributed by atoms with E-state index in [1.807, 2.05) is 6.08 Å². The fourth-order valence-electron chi connectivity index (χ4n) is 3.30. The van der Waals surface area contributed by atoms with Crippen molar-refractivity contribution in [3.05, 3.63) is 76.1 Å². The number of rotatable bonds is 7. The molecule has 0 spiro atoms. The number of non-ortho nitro benzene ring substituents is 1. The van der Waals surface area contributed by atoms with Crippen LogP contribution in [-0.2, 0) is 0 Å². The van der Waals surface area contributed by atoms with Gasteiger partial charge in [-0.3, -0.25) is 10.1 Å². The summed E-state index contributed by atoms with van der Waals surface area (Å²) >= 11 is 0. The number of nitrogens with one attached hydrogen (secondary N) is 1. The minimum absolute atomic E-state index is 0.0454. The molecule has 11 heteroatoms. The fourth-order valence-corrected chi connectivity index (χ4v) is 3.30. The lowest BCUT2D eigenvalue weighted by Crippen LogP contribution is -2.20. The number of allylic oxidation sites excluding steroid dienone is 1. The standard InChI is InChI=1S/C20H17F2N5O4/c1-2-30-18-9-13(6-7-17(18)31-19(21)22)16-10-15(25-20-23-11-24-26(16)20)12-4-3-5-14(8-12)27(28)29/h3-11,16,19H,2H2,1H3,(H,23,24,25). The van der Waals surface area contributed by atoms with Gasteiger partial charge < -0.3 is 14.8 Å². The van der Waals surface area contributed by atoms with Crippen LogP contribution >= 0.6 is 0 Å². The second-order valence-corrected chi connectivity index (χ2v) is 6.50. The van der Waals surface area contributed by atoms with Gasteiger partial charge in [-0.25, -0.2) is 4.68 Å². The van der Waals surface area contributed by atoms with Crippen molar-refractivity contribution in [2.75, 3.05) is 11.9 Å². The first-order valence-electron chi connectivity index (χ1n) is 9.31. The highest BCUT2D eigenvalue weighted by Crippen LogP contribution is 2.37. The van der Waals surface area contributed by atoms with Gasteiger partial charge in [0.1, 0.15) is 12.4 Å². The van der Waals surface area contributed by atoms with Crippen LogP contribution in [0.5, 0.6) is 11.5 Å². The molecule has 0 radical (unpaired) electrons. The third-order valence-corrected chi connectivity index (χ3v) is 4.60. The molecule has 31 heavy (non-hydrogen) atoms. The lowest BCUT2D eigenvalue weighted by Gasteiger charge is -2.25. The average molecular weight is 429 g/mol. The molecule has 0 saturated heterocycles. The van der Waals surface area contributed by atoms with Gasteiger partial charge in [0.2, 0.25) is 5.95 Å². The molecule has 4 rings (SSSR count). The number of anilines is 1. The van der Waals surface area contributed by atoms with Crippen molar-refractivity contribution < 1.29 is 23.2 Å². The largest absolute Gasteiger partial charge is 0.490 e. The van der Waals surface area contributed by atoms with Crippen molar-refractivity contribution in [2.24, 2.45) is 0 Å². The summed E-state index contributed by atoms with van der Waals surface area (Å²) in [6, 6.07) is 10.4. The molecule has 9 nitrogen and oxygen atoms in total. The Kier molecular flexibility index (Phi) is 5.48. The van der Waals surface area contributed by atoms with Gasteiger partial charge in [0.15, 0.2) is 11.5 Å². The Morgan fingerprint density at radius 3 is 2.84 bits per heavy atom. The van der Waals surface area contributed by atoms with Gasteiger partial charge in [-0.1, -0.05) is 18.2 Å². The van der Waals surface area contributed by atoms with E-state index in [-0.39, 0.29) is 23.8 Å². The molecule has 1 unspecified atom stereocenters. The number of nitro benzene ring substituents is 1. The number of hydrogen-bond acceptors (Lipinski definition) is 7. The van der Waals surface area contributed by atoms with Crippen LogP contribution in [0.15, 0.2) is 54.9 Å². The van der Waals surface area contributed by atoms with Crippen molar-refractivity contribution in [3.8, 4) is 11.5 Å². The zero-order valence-electron chi connectivity index (χ0n) is 16.2. The predicted octanol–water partition coefficient (Wildman–Crippen LogP) is 4.24. The van der Waals surface area contributed by atoms with E-state index < -0.39 is 17.6 Å². The summed E-state index contributed by atoms with van der Waals surface area (Å²) in [5.41, 5.74) is 1.83. The number of nitrogens with zero attached hydrogens (tertiary/aromatic N) is 4. The maximum absolute atomic E-state index is 12.7. The van der Waals surface area contributed by atoms with Gasteiger partial charge in [0, 0.05) is 23.4 Å². The minimum Gasteiger partial charge on any atom is -0.490 e. The van der Waals surface area contributed by atoms with E-state index in [1.165, 1.54) is 24.5 Å². The maximum Gasteiger partial charge on any atom is 0.387 e. The van der Waals surface area contributed by atoms with Crippen LogP contribution in [0, 0.1) is 10.1 Å². The Balaban J connectivity index is 1.77. The molecule has 0 fully saturated rings. The number of nitro groups is 1. The third-order valence-electron chi connectivity index (χ3n) is 4.60. The zero-order chi connectivity index (χ0) is 22.0. The van der Waals surface area contributed by atoms with E-state index in [9.17, 15) is 18.9 Å². The summed E-state index contributed by atoms with van der Waals surface area (Å²) < 4.78 is 37.1. The van der Waals surface area contributed by atoms with Crippen LogP contribution in [-0.4, -0.2) is 32.9 Å². The maximum atomic E-state index is 12.7. The highest BCUT2D eigenvalue weighted by Gasteiger charge is 2.25. The Morgan fingerprint density at radius 2 is 2.10 bits per heavy atom. The van der Waals surface area contributed by atoms with Crippen LogP contribution in [0.3, 0.4) is 0 Å². The van der Waals surface area contributed by atoms with Crippen molar-refractivity contribution >= 4 is 17.3 Å². The van der Waals surface area contributed by atoms with Crippen molar-refractivity contribution in [1.29, 1.82) is 0 Å². The normalized spacial score (nSPS) is 15.1. The molecule has 160 valence electrons.